The number of nitrogens with one attached hydrogen (secondary N) is 1. The zero-order valence-electron chi connectivity index (χ0n) is 11.3. The molecule has 2 rings (SSSR count). The summed E-state index contributed by atoms with van der Waals surface area (Å²) >= 11 is 2.05. The van der Waals surface area contributed by atoms with Crippen LogP contribution in [0.15, 0.2) is 24.3 Å². The molecule has 1 heterocycles. The second-order valence-electron chi connectivity index (χ2n) is 4.90. The van der Waals surface area contributed by atoms with Gasteiger partial charge >= 0.3 is 0 Å². The lowest BCUT2D eigenvalue weighted by molar-refractivity contribution is 0.317. The second-order valence-corrected chi connectivity index (χ2v) is 6.05. The first kappa shape index (κ1) is 13.8. The fourth-order valence-electron chi connectivity index (χ4n) is 2.14. The molecule has 0 radical (unpaired) electrons. The third kappa shape index (κ3) is 3.92. The number of thioether (sulfide) groups is 1. The molecular weight excluding hydrogens is 242 g/mol. The SMILES string of the molecule is CCCOc1ccc(C2CSCCC(C)N2)cc1. The molecule has 100 valence electrons. The van der Waals surface area contributed by atoms with Gasteiger partial charge in [0, 0.05) is 17.8 Å². The number of hydrogen-bond acceptors (Lipinski definition) is 3. The largest absolute Gasteiger partial charge is 0.494 e. The minimum Gasteiger partial charge on any atom is -0.494 e. The van der Waals surface area contributed by atoms with Crippen LogP contribution in [0.5, 0.6) is 5.75 Å². The Morgan fingerprint density at radius 3 is 2.83 bits per heavy atom. The number of rotatable bonds is 4. The van der Waals surface area contributed by atoms with Crippen molar-refractivity contribution in [1.29, 1.82) is 0 Å². The molecule has 1 saturated heterocycles. The Bertz CT molecular complexity index is 352. The van der Waals surface area contributed by atoms with Gasteiger partial charge in [0.2, 0.25) is 0 Å². The van der Waals surface area contributed by atoms with Crippen LogP contribution in [0.4, 0.5) is 0 Å². The lowest BCUT2D eigenvalue weighted by Gasteiger charge is -2.20. The van der Waals surface area contributed by atoms with Crippen molar-refractivity contribution in [2.75, 3.05) is 18.1 Å². The number of hydrogen-bond donors (Lipinski definition) is 1. The van der Waals surface area contributed by atoms with Crippen LogP contribution in [0.25, 0.3) is 0 Å². The first-order chi connectivity index (χ1) is 8.79. The quantitative estimate of drug-likeness (QED) is 0.898. The van der Waals surface area contributed by atoms with E-state index in [0.29, 0.717) is 12.1 Å². The second kappa shape index (κ2) is 7.05. The summed E-state index contributed by atoms with van der Waals surface area (Å²) in [6.07, 6.45) is 2.32. The van der Waals surface area contributed by atoms with Gasteiger partial charge in [-0.3, -0.25) is 0 Å². The fourth-order valence-corrected chi connectivity index (χ4v) is 3.36. The molecule has 1 aromatic carbocycles. The summed E-state index contributed by atoms with van der Waals surface area (Å²) < 4.78 is 5.62. The van der Waals surface area contributed by atoms with E-state index in [1.54, 1.807) is 0 Å². The molecule has 1 aliphatic heterocycles. The van der Waals surface area contributed by atoms with Gasteiger partial charge in [-0.1, -0.05) is 19.1 Å². The Kier molecular flexibility index (Phi) is 5.39. The van der Waals surface area contributed by atoms with Crippen molar-refractivity contribution in [3.8, 4) is 5.75 Å². The Hall–Kier alpha value is -0.670. The molecule has 2 nitrogen and oxygen atoms in total. The summed E-state index contributed by atoms with van der Waals surface area (Å²) in [7, 11) is 0. The summed E-state index contributed by atoms with van der Waals surface area (Å²) in [4.78, 5) is 0. The third-order valence-electron chi connectivity index (χ3n) is 3.22. The van der Waals surface area contributed by atoms with E-state index >= 15 is 0 Å². The summed E-state index contributed by atoms with van der Waals surface area (Å²) in [6.45, 7) is 5.20. The van der Waals surface area contributed by atoms with E-state index < -0.39 is 0 Å². The van der Waals surface area contributed by atoms with E-state index in [-0.39, 0.29) is 0 Å². The molecule has 1 N–H and O–H groups in total. The van der Waals surface area contributed by atoms with Crippen LogP contribution in [0.3, 0.4) is 0 Å². The molecule has 0 amide bonds. The van der Waals surface area contributed by atoms with Crippen LogP contribution in [0.2, 0.25) is 0 Å². The molecule has 0 saturated carbocycles. The molecule has 3 heteroatoms. The van der Waals surface area contributed by atoms with Crippen molar-refractivity contribution in [1.82, 2.24) is 5.32 Å². The predicted molar refractivity (Wildman–Crippen MR) is 79.5 cm³/mol. The highest BCUT2D eigenvalue weighted by Crippen LogP contribution is 2.25. The maximum Gasteiger partial charge on any atom is 0.119 e. The molecule has 2 atom stereocenters. The van der Waals surface area contributed by atoms with Crippen LogP contribution in [0.1, 0.15) is 38.3 Å². The summed E-state index contributed by atoms with van der Waals surface area (Å²) in [6, 6.07) is 9.66. The average molecular weight is 265 g/mol. The van der Waals surface area contributed by atoms with Gasteiger partial charge in [0.05, 0.1) is 6.61 Å². The van der Waals surface area contributed by atoms with Crippen molar-refractivity contribution in [3.05, 3.63) is 29.8 Å². The van der Waals surface area contributed by atoms with E-state index in [4.69, 9.17) is 4.74 Å². The van der Waals surface area contributed by atoms with Crippen molar-refractivity contribution in [2.24, 2.45) is 0 Å². The molecule has 1 aliphatic rings. The third-order valence-corrected chi connectivity index (χ3v) is 4.31. The van der Waals surface area contributed by atoms with Gasteiger partial charge in [0.15, 0.2) is 0 Å². The van der Waals surface area contributed by atoms with Gasteiger partial charge in [0.25, 0.3) is 0 Å². The molecule has 0 spiro atoms. The van der Waals surface area contributed by atoms with E-state index in [2.05, 4.69) is 43.4 Å². The summed E-state index contributed by atoms with van der Waals surface area (Å²) in [5.41, 5.74) is 1.38. The lowest BCUT2D eigenvalue weighted by atomic mass is 10.1. The van der Waals surface area contributed by atoms with Gasteiger partial charge in [-0.2, -0.15) is 11.8 Å². The van der Waals surface area contributed by atoms with Crippen LogP contribution in [-0.4, -0.2) is 24.2 Å². The van der Waals surface area contributed by atoms with Gasteiger partial charge in [-0.25, -0.2) is 0 Å². The summed E-state index contributed by atoms with van der Waals surface area (Å²) in [5, 5.41) is 3.70. The maximum atomic E-state index is 5.62. The highest BCUT2D eigenvalue weighted by Gasteiger charge is 2.17. The topological polar surface area (TPSA) is 21.3 Å². The van der Waals surface area contributed by atoms with E-state index in [1.807, 2.05) is 11.8 Å². The van der Waals surface area contributed by atoms with Crippen molar-refractivity contribution in [2.45, 2.75) is 38.8 Å². The standard InChI is InChI=1S/C15H23NOS/c1-3-9-17-14-6-4-13(5-7-14)15-11-18-10-8-12(2)16-15/h4-7,12,15-16H,3,8-11H2,1-2H3. The Labute approximate surface area is 114 Å². The first-order valence-electron chi connectivity index (χ1n) is 6.86. The normalized spacial score (nSPS) is 24.6. The molecule has 1 fully saturated rings. The van der Waals surface area contributed by atoms with Crippen molar-refractivity contribution < 1.29 is 4.74 Å². The zero-order valence-corrected chi connectivity index (χ0v) is 12.1. The maximum absolute atomic E-state index is 5.62. The van der Waals surface area contributed by atoms with E-state index in [0.717, 1.165) is 18.8 Å². The lowest BCUT2D eigenvalue weighted by Crippen LogP contribution is -2.30. The molecule has 2 unspecified atom stereocenters. The predicted octanol–water partition coefficient (Wildman–Crippen LogP) is 3.63. The molecule has 1 aromatic rings. The van der Waals surface area contributed by atoms with Crippen LogP contribution < -0.4 is 10.1 Å². The fraction of sp³-hybridized carbons (Fsp3) is 0.600. The minimum atomic E-state index is 0.479. The molecule has 0 aromatic heterocycles. The summed E-state index contributed by atoms with van der Waals surface area (Å²) in [5.74, 6) is 3.41. The average Bonchev–Trinajstić information content (AvgIpc) is 2.62. The Morgan fingerprint density at radius 2 is 2.11 bits per heavy atom. The number of benzene rings is 1. The van der Waals surface area contributed by atoms with Crippen molar-refractivity contribution >= 4 is 11.8 Å². The molecule has 0 bridgehead atoms. The molecular formula is C15H23NOS. The monoisotopic (exact) mass is 265 g/mol. The Balaban J connectivity index is 1.99. The molecule has 0 aliphatic carbocycles. The number of ether oxygens (including phenoxy) is 1. The minimum absolute atomic E-state index is 0.479. The van der Waals surface area contributed by atoms with Gasteiger partial charge < -0.3 is 10.1 Å². The van der Waals surface area contributed by atoms with Crippen LogP contribution in [0, 0.1) is 0 Å². The van der Waals surface area contributed by atoms with E-state index in [1.165, 1.54) is 23.5 Å². The molecule has 18 heavy (non-hydrogen) atoms. The van der Waals surface area contributed by atoms with Crippen LogP contribution >= 0.6 is 11.8 Å². The zero-order chi connectivity index (χ0) is 12.8. The van der Waals surface area contributed by atoms with Crippen LogP contribution in [-0.2, 0) is 0 Å². The van der Waals surface area contributed by atoms with E-state index in [9.17, 15) is 0 Å². The smallest absolute Gasteiger partial charge is 0.119 e. The highest BCUT2D eigenvalue weighted by atomic mass is 32.2. The van der Waals surface area contributed by atoms with Gasteiger partial charge in [0.1, 0.15) is 5.75 Å². The van der Waals surface area contributed by atoms with Crippen molar-refractivity contribution in [3.63, 3.8) is 0 Å². The first-order valence-corrected chi connectivity index (χ1v) is 8.01. The Morgan fingerprint density at radius 1 is 1.33 bits per heavy atom. The van der Waals surface area contributed by atoms with Gasteiger partial charge in [-0.05, 0) is 43.2 Å². The highest BCUT2D eigenvalue weighted by molar-refractivity contribution is 7.99. The van der Waals surface area contributed by atoms with Gasteiger partial charge in [-0.15, -0.1) is 0 Å².